The molecule has 0 fully saturated rings. The minimum atomic E-state index is -0.156. The highest BCUT2D eigenvalue weighted by Gasteiger charge is 2.40. The first kappa shape index (κ1) is 27.7. The minimum absolute atomic E-state index is 0.138. The molecule has 3 heteroatoms. The van der Waals surface area contributed by atoms with Crippen molar-refractivity contribution in [2.75, 3.05) is 6.61 Å². The van der Waals surface area contributed by atoms with E-state index in [9.17, 15) is 4.79 Å². The van der Waals surface area contributed by atoms with Gasteiger partial charge in [-0.15, -0.1) is 0 Å². The predicted octanol–water partition coefficient (Wildman–Crippen LogP) is 7.38. The van der Waals surface area contributed by atoms with Crippen LogP contribution < -0.4 is 0 Å². The first-order valence-corrected chi connectivity index (χ1v) is 13.7. The van der Waals surface area contributed by atoms with Gasteiger partial charge in [0.05, 0.1) is 11.6 Å². The molecule has 28 heavy (non-hydrogen) atoms. The number of rotatable bonds is 20. The smallest absolute Gasteiger partial charge is 0.308 e. The molecule has 0 aliphatic heterocycles. The Morgan fingerprint density at radius 2 is 1.25 bits per heavy atom. The molecule has 0 bridgehead atoms. The number of carbonyl (C=O) groups is 1. The van der Waals surface area contributed by atoms with Crippen LogP contribution in [0.4, 0.5) is 0 Å². The molecule has 0 N–H and O–H groups in total. The van der Waals surface area contributed by atoms with Gasteiger partial charge in [0, 0.05) is 10.2 Å². The van der Waals surface area contributed by atoms with Crippen molar-refractivity contribution in [3.8, 4) is 0 Å². The lowest BCUT2D eigenvalue weighted by atomic mass is 9.80. The van der Waals surface area contributed by atoms with E-state index in [0.29, 0.717) is 12.5 Å². The first-order chi connectivity index (χ1) is 13.6. The van der Waals surface area contributed by atoms with E-state index in [0.717, 1.165) is 29.5 Å². The van der Waals surface area contributed by atoms with Crippen LogP contribution in [0.2, 0.25) is 5.04 Å². The van der Waals surface area contributed by atoms with E-state index in [1.807, 2.05) is 0 Å². The van der Waals surface area contributed by atoms with Crippen LogP contribution in [0.25, 0.3) is 0 Å². The third kappa shape index (κ3) is 12.3. The highest BCUT2D eigenvalue weighted by atomic mass is 28.1. The molecule has 0 aromatic rings. The van der Waals surface area contributed by atoms with E-state index in [-0.39, 0.29) is 11.0 Å². The Kier molecular flexibility index (Phi) is 18.5. The van der Waals surface area contributed by atoms with Gasteiger partial charge in [-0.1, -0.05) is 111 Å². The zero-order chi connectivity index (χ0) is 21.1. The SMILES string of the molecule is CCCCCCCCOC(=O)C([SiH3])(CCC)C(CCC)CCCCCCCC. The fourth-order valence-electron chi connectivity index (χ4n) is 4.51. The summed E-state index contributed by atoms with van der Waals surface area (Å²) in [5.41, 5.74) is 0. The molecule has 0 saturated heterocycles. The van der Waals surface area contributed by atoms with Crippen molar-refractivity contribution >= 4 is 16.2 Å². The summed E-state index contributed by atoms with van der Waals surface area (Å²) in [6.45, 7) is 9.65. The fraction of sp³-hybridized carbons (Fsp3) is 0.960. The average Bonchev–Trinajstić information content (AvgIpc) is 2.69. The van der Waals surface area contributed by atoms with Gasteiger partial charge in [-0.3, -0.25) is 4.79 Å². The summed E-state index contributed by atoms with van der Waals surface area (Å²) in [5, 5.41) is -0.156. The fourth-order valence-corrected chi connectivity index (χ4v) is 5.73. The number of hydrogen-bond donors (Lipinski definition) is 0. The number of ether oxygens (including phenoxy) is 1. The van der Waals surface area contributed by atoms with E-state index in [4.69, 9.17) is 4.74 Å². The molecule has 168 valence electrons. The van der Waals surface area contributed by atoms with Gasteiger partial charge in [0.2, 0.25) is 0 Å². The Bertz CT molecular complexity index is 358. The normalized spacial score (nSPS) is 14.7. The molecule has 0 amide bonds. The maximum Gasteiger partial charge on any atom is 0.308 e. The summed E-state index contributed by atoms with van der Waals surface area (Å²) in [4.78, 5) is 13.1. The second kappa shape index (κ2) is 18.7. The van der Waals surface area contributed by atoms with Gasteiger partial charge in [-0.2, -0.15) is 0 Å². The van der Waals surface area contributed by atoms with Gasteiger partial charge in [-0.05, 0) is 31.6 Å². The van der Waals surface area contributed by atoms with Crippen molar-refractivity contribution in [2.24, 2.45) is 5.92 Å². The second-order valence-electron chi connectivity index (χ2n) is 9.11. The number of carbonyl (C=O) groups excluding carboxylic acids is 1. The summed E-state index contributed by atoms with van der Waals surface area (Å²) in [6.07, 6.45) is 21.2. The minimum Gasteiger partial charge on any atom is -0.466 e. The van der Waals surface area contributed by atoms with E-state index in [2.05, 4.69) is 27.7 Å². The lowest BCUT2D eigenvalue weighted by molar-refractivity contribution is -0.150. The lowest BCUT2D eigenvalue weighted by Gasteiger charge is -2.36. The summed E-state index contributed by atoms with van der Waals surface area (Å²) in [6, 6.07) is 0. The molecule has 0 aromatic carbocycles. The molecule has 0 heterocycles. The molecular formula is C25H52O2Si. The molecule has 0 radical (unpaired) electrons. The van der Waals surface area contributed by atoms with Gasteiger partial charge in [0.15, 0.2) is 0 Å². The molecule has 0 rings (SSSR count). The topological polar surface area (TPSA) is 26.3 Å². The average molecular weight is 413 g/mol. The Morgan fingerprint density at radius 3 is 1.79 bits per heavy atom. The van der Waals surface area contributed by atoms with Crippen LogP contribution in [0.3, 0.4) is 0 Å². The van der Waals surface area contributed by atoms with Crippen molar-refractivity contribution < 1.29 is 9.53 Å². The maximum absolute atomic E-state index is 13.1. The van der Waals surface area contributed by atoms with E-state index >= 15 is 0 Å². The Hall–Kier alpha value is -0.313. The van der Waals surface area contributed by atoms with Crippen LogP contribution in [0, 0.1) is 5.92 Å². The third-order valence-corrected chi connectivity index (χ3v) is 8.14. The van der Waals surface area contributed by atoms with Crippen LogP contribution in [-0.4, -0.2) is 22.8 Å². The van der Waals surface area contributed by atoms with Crippen LogP contribution >= 0.6 is 0 Å². The van der Waals surface area contributed by atoms with Gasteiger partial charge in [-0.25, -0.2) is 0 Å². The van der Waals surface area contributed by atoms with Crippen molar-refractivity contribution in [2.45, 2.75) is 142 Å². The van der Waals surface area contributed by atoms with Crippen molar-refractivity contribution in [1.29, 1.82) is 0 Å². The zero-order valence-electron chi connectivity index (χ0n) is 20.1. The molecule has 2 atom stereocenters. The first-order valence-electron chi connectivity index (χ1n) is 12.7. The number of hydrogen-bond acceptors (Lipinski definition) is 2. The monoisotopic (exact) mass is 412 g/mol. The molecule has 0 spiro atoms. The highest BCUT2D eigenvalue weighted by molar-refractivity contribution is 6.27. The zero-order valence-corrected chi connectivity index (χ0v) is 22.1. The van der Waals surface area contributed by atoms with Crippen LogP contribution in [0.5, 0.6) is 0 Å². The Labute approximate surface area is 180 Å². The molecular weight excluding hydrogens is 360 g/mol. The van der Waals surface area contributed by atoms with Crippen molar-refractivity contribution in [3.63, 3.8) is 0 Å². The van der Waals surface area contributed by atoms with Crippen molar-refractivity contribution in [1.82, 2.24) is 0 Å². The summed E-state index contributed by atoms with van der Waals surface area (Å²) in [7, 11) is 0.926. The standard InChI is InChI=1S/C25H52O2Si/c1-5-9-11-13-15-17-20-23(19-7-3)25(28,21-8-4)24(26)27-22-18-16-14-12-10-6-2/h23H,5-22H2,1-4,28H3. The highest BCUT2D eigenvalue weighted by Crippen LogP contribution is 2.44. The van der Waals surface area contributed by atoms with Crippen LogP contribution in [0.1, 0.15) is 137 Å². The molecule has 0 saturated carbocycles. The Balaban J connectivity index is 4.51. The molecule has 0 aliphatic carbocycles. The summed E-state index contributed by atoms with van der Waals surface area (Å²) in [5.74, 6) is 0.673. The van der Waals surface area contributed by atoms with Crippen LogP contribution in [0.15, 0.2) is 0 Å². The number of unbranched alkanes of at least 4 members (excludes halogenated alkanes) is 10. The third-order valence-electron chi connectivity index (χ3n) is 6.41. The van der Waals surface area contributed by atoms with E-state index in [1.165, 1.54) is 89.9 Å². The Morgan fingerprint density at radius 1 is 0.714 bits per heavy atom. The number of esters is 1. The van der Waals surface area contributed by atoms with Gasteiger partial charge in [0.25, 0.3) is 0 Å². The second-order valence-corrected chi connectivity index (χ2v) is 10.9. The summed E-state index contributed by atoms with van der Waals surface area (Å²) < 4.78 is 5.85. The van der Waals surface area contributed by atoms with Crippen LogP contribution in [-0.2, 0) is 9.53 Å². The summed E-state index contributed by atoms with van der Waals surface area (Å²) >= 11 is 0. The van der Waals surface area contributed by atoms with E-state index in [1.54, 1.807) is 0 Å². The molecule has 2 nitrogen and oxygen atoms in total. The molecule has 2 unspecified atom stereocenters. The largest absolute Gasteiger partial charge is 0.466 e. The quantitative estimate of drug-likeness (QED) is 0.118. The molecule has 0 aliphatic rings. The molecule has 0 aromatic heterocycles. The van der Waals surface area contributed by atoms with Gasteiger partial charge >= 0.3 is 5.97 Å². The lowest BCUT2D eigenvalue weighted by Crippen LogP contribution is -2.34. The van der Waals surface area contributed by atoms with E-state index < -0.39 is 0 Å². The predicted molar refractivity (Wildman–Crippen MR) is 128 cm³/mol. The van der Waals surface area contributed by atoms with Gasteiger partial charge < -0.3 is 4.74 Å². The van der Waals surface area contributed by atoms with Gasteiger partial charge in [0.1, 0.15) is 0 Å². The maximum atomic E-state index is 13.1. The van der Waals surface area contributed by atoms with Crippen molar-refractivity contribution in [3.05, 3.63) is 0 Å².